The molecule has 0 saturated carbocycles. The number of halogens is 1. The van der Waals surface area contributed by atoms with Gasteiger partial charge in [0.2, 0.25) is 0 Å². The van der Waals surface area contributed by atoms with E-state index >= 15 is 0 Å². The third kappa shape index (κ3) is 4.68. The predicted molar refractivity (Wildman–Crippen MR) is 163 cm³/mol. The summed E-state index contributed by atoms with van der Waals surface area (Å²) in [7, 11) is 1.62. The smallest absolute Gasteiger partial charge is 0.271 e. The Morgan fingerprint density at radius 1 is 1.15 bits per heavy atom. The second kappa shape index (κ2) is 10.8. The zero-order valence-electron chi connectivity index (χ0n) is 21.9. The van der Waals surface area contributed by atoms with Crippen molar-refractivity contribution >= 4 is 50.8 Å². The van der Waals surface area contributed by atoms with Gasteiger partial charge in [-0.05, 0) is 94.6 Å². The van der Waals surface area contributed by atoms with Gasteiger partial charge in [-0.3, -0.25) is 9.36 Å². The summed E-state index contributed by atoms with van der Waals surface area (Å²) in [6.45, 7) is 2.46. The van der Waals surface area contributed by atoms with Gasteiger partial charge in [0.15, 0.2) is 16.3 Å². The summed E-state index contributed by atoms with van der Waals surface area (Å²) >= 11 is 6.75. The van der Waals surface area contributed by atoms with E-state index < -0.39 is 0 Å². The molecule has 198 valence electrons. The van der Waals surface area contributed by atoms with Crippen molar-refractivity contribution in [3.8, 4) is 11.5 Å². The second-order valence-corrected chi connectivity index (χ2v) is 12.1. The van der Waals surface area contributed by atoms with Crippen LogP contribution >= 0.6 is 39.0 Å². The van der Waals surface area contributed by atoms with Crippen LogP contribution in [0, 0.1) is 0 Å². The Bertz CT molecular complexity index is 1790. The SMILES string of the molecule is CCOc1c(Br)cc(C=c2sc3n(c2=O)C(c2ccc(SC)cc2)C2=C(N=3)c3ccccc3CC2)cc1OC. The zero-order chi connectivity index (χ0) is 27.1. The number of allylic oxidation sites excluding steroid dienone is 1. The number of thioether (sulfide) groups is 1. The van der Waals surface area contributed by atoms with Crippen molar-refractivity contribution in [2.45, 2.75) is 30.7 Å². The highest BCUT2D eigenvalue weighted by Crippen LogP contribution is 2.41. The Hall–Kier alpha value is -3.07. The average Bonchev–Trinajstić information content (AvgIpc) is 3.27. The van der Waals surface area contributed by atoms with E-state index in [0.717, 1.165) is 38.9 Å². The number of benzene rings is 3. The lowest BCUT2D eigenvalue weighted by atomic mass is 9.83. The maximum atomic E-state index is 14.0. The first-order chi connectivity index (χ1) is 19.0. The number of hydrogen-bond acceptors (Lipinski definition) is 6. The molecule has 1 aliphatic carbocycles. The molecule has 8 heteroatoms. The van der Waals surface area contributed by atoms with Crippen LogP contribution in [0.2, 0.25) is 0 Å². The lowest BCUT2D eigenvalue weighted by Crippen LogP contribution is -2.38. The topological polar surface area (TPSA) is 52.8 Å². The van der Waals surface area contributed by atoms with Gasteiger partial charge in [-0.2, -0.15) is 0 Å². The number of thiazole rings is 1. The Balaban J connectivity index is 1.56. The number of aromatic nitrogens is 1. The van der Waals surface area contributed by atoms with Gasteiger partial charge in [0.25, 0.3) is 5.56 Å². The molecule has 1 aliphatic heterocycles. The molecule has 6 rings (SSSR count). The van der Waals surface area contributed by atoms with E-state index in [1.807, 2.05) is 29.7 Å². The number of rotatable bonds is 6. The minimum Gasteiger partial charge on any atom is -0.493 e. The van der Waals surface area contributed by atoms with Crippen molar-refractivity contribution < 1.29 is 9.47 Å². The van der Waals surface area contributed by atoms with Crippen LogP contribution in [0.5, 0.6) is 11.5 Å². The van der Waals surface area contributed by atoms with E-state index in [2.05, 4.69) is 70.7 Å². The molecule has 1 aromatic heterocycles. The number of fused-ring (bicyclic) bond motifs is 3. The van der Waals surface area contributed by atoms with E-state index in [4.69, 9.17) is 14.5 Å². The monoisotopic (exact) mass is 618 g/mol. The molecule has 0 amide bonds. The molecule has 0 saturated heterocycles. The lowest BCUT2D eigenvalue weighted by Gasteiger charge is -2.30. The van der Waals surface area contributed by atoms with Crippen LogP contribution in [0.15, 0.2) is 85.4 Å². The standard InChI is InChI=1S/C31H27BrN2O3S2/c1-4-37-29-24(32)15-18(16-25(29)36-2)17-26-30(35)34-28(20-9-12-21(38-3)13-10-20)23-14-11-19-7-5-6-8-22(19)27(23)33-31(34)39-26/h5-10,12-13,15-17,28H,4,11,14H2,1-3H3. The first-order valence-corrected chi connectivity index (χ1v) is 15.6. The van der Waals surface area contributed by atoms with Crippen LogP contribution in [0.25, 0.3) is 11.8 Å². The molecule has 0 N–H and O–H groups in total. The molecular weight excluding hydrogens is 592 g/mol. The summed E-state index contributed by atoms with van der Waals surface area (Å²) in [5, 5.41) is 0. The van der Waals surface area contributed by atoms with Gasteiger partial charge in [0, 0.05) is 10.5 Å². The van der Waals surface area contributed by atoms with E-state index in [1.54, 1.807) is 18.9 Å². The quantitative estimate of drug-likeness (QED) is 0.241. The first-order valence-electron chi connectivity index (χ1n) is 12.8. The molecule has 0 spiro atoms. The predicted octanol–water partition coefficient (Wildman–Crippen LogP) is 6.21. The lowest BCUT2D eigenvalue weighted by molar-refractivity contribution is 0.309. The van der Waals surface area contributed by atoms with Gasteiger partial charge in [-0.15, -0.1) is 11.8 Å². The minimum absolute atomic E-state index is 0.0351. The Morgan fingerprint density at radius 2 is 1.95 bits per heavy atom. The molecule has 0 fully saturated rings. The van der Waals surface area contributed by atoms with Gasteiger partial charge >= 0.3 is 0 Å². The summed E-state index contributed by atoms with van der Waals surface area (Å²) in [6.07, 6.45) is 5.80. The Labute approximate surface area is 243 Å². The maximum absolute atomic E-state index is 14.0. The average molecular weight is 620 g/mol. The highest BCUT2D eigenvalue weighted by Gasteiger charge is 2.32. The van der Waals surface area contributed by atoms with Gasteiger partial charge in [0.1, 0.15) is 0 Å². The van der Waals surface area contributed by atoms with Crippen molar-refractivity contribution in [3.63, 3.8) is 0 Å². The van der Waals surface area contributed by atoms with Crippen molar-refractivity contribution in [2.75, 3.05) is 20.0 Å². The fraction of sp³-hybridized carbons (Fsp3) is 0.226. The molecule has 1 atom stereocenters. The van der Waals surface area contributed by atoms with Gasteiger partial charge in [0.05, 0.1) is 34.5 Å². The molecule has 0 bridgehead atoms. The highest BCUT2D eigenvalue weighted by atomic mass is 79.9. The summed E-state index contributed by atoms with van der Waals surface area (Å²) in [5.41, 5.74) is 6.61. The third-order valence-corrected chi connectivity index (χ3v) is 9.46. The highest BCUT2D eigenvalue weighted by molar-refractivity contribution is 9.10. The van der Waals surface area contributed by atoms with Gasteiger partial charge < -0.3 is 9.47 Å². The van der Waals surface area contributed by atoms with Crippen LogP contribution in [-0.4, -0.2) is 24.5 Å². The van der Waals surface area contributed by atoms with Crippen LogP contribution < -0.4 is 24.4 Å². The molecule has 39 heavy (non-hydrogen) atoms. The number of aryl methyl sites for hydroxylation is 1. The number of methoxy groups -OCH3 is 1. The molecule has 5 nitrogen and oxygen atoms in total. The first kappa shape index (κ1) is 26.2. The van der Waals surface area contributed by atoms with Crippen LogP contribution in [0.3, 0.4) is 0 Å². The molecule has 4 aromatic rings. The summed E-state index contributed by atoms with van der Waals surface area (Å²) < 4.78 is 14.6. The maximum Gasteiger partial charge on any atom is 0.271 e. The zero-order valence-corrected chi connectivity index (χ0v) is 25.1. The largest absolute Gasteiger partial charge is 0.493 e. The third-order valence-electron chi connectivity index (χ3n) is 7.14. The minimum atomic E-state index is -0.190. The van der Waals surface area contributed by atoms with E-state index in [1.165, 1.54) is 32.9 Å². The molecule has 1 unspecified atom stereocenters. The van der Waals surface area contributed by atoms with E-state index in [9.17, 15) is 4.79 Å². The molecule has 2 heterocycles. The van der Waals surface area contributed by atoms with Crippen molar-refractivity contribution in [2.24, 2.45) is 4.99 Å². The fourth-order valence-corrected chi connectivity index (χ4v) is 7.35. The van der Waals surface area contributed by atoms with E-state index in [0.29, 0.717) is 22.6 Å². The van der Waals surface area contributed by atoms with Crippen LogP contribution in [-0.2, 0) is 6.42 Å². The van der Waals surface area contributed by atoms with Gasteiger partial charge in [-0.25, -0.2) is 4.99 Å². The molecule has 2 aliphatic rings. The molecule has 3 aromatic carbocycles. The molecular formula is C31H27BrN2O3S2. The fourth-order valence-electron chi connectivity index (χ4n) is 5.37. The van der Waals surface area contributed by atoms with Crippen LogP contribution in [0.4, 0.5) is 0 Å². The van der Waals surface area contributed by atoms with Crippen molar-refractivity contribution in [1.82, 2.24) is 4.57 Å². The van der Waals surface area contributed by atoms with E-state index in [-0.39, 0.29) is 11.6 Å². The summed E-state index contributed by atoms with van der Waals surface area (Å²) in [4.78, 5) is 21.1. The number of hydrogen-bond donors (Lipinski definition) is 0. The van der Waals surface area contributed by atoms with Crippen molar-refractivity contribution in [1.29, 1.82) is 0 Å². The Morgan fingerprint density at radius 3 is 2.69 bits per heavy atom. The normalized spacial score (nSPS) is 16.3. The van der Waals surface area contributed by atoms with Gasteiger partial charge in [-0.1, -0.05) is 47.7 Å². The van der Waals surface area contributed by atoms with Crippen LogP contribution in [0.1, 0.15) is 41.6 Å². The molecule has 0 radical (unpaired) electrons. The second-order valence-electron chi connectivity index (χ2n) is 9.35. The number of nitrogens with zero attached hydrogens (tertiary/aromatic N) is 2. The van der Waals surface area contributed by atoms with Crippen molar-refractivity contribution in [3.05, 3.63) is 113 Å². The summed E-state index contributed by atoms with van der Waals surface area (Å²) in [5.74, 6) is 1.27. The summed E-state index contributed by atoms with van der Waals surface area (Å²) in [6, 6.07) is 20.7. The number of ether oxygens (including phenoxy) is 2. The Kier molecular flexibility index (Phi) is 7.27.